The summed E-state index contributed by atoms with van der Waals surface area (Å²) in [6.07, 6.45) is 5.80. The molecule has 22 heavy (non-hydrogen) atoms. The molecule has 3 nitrogen and oxygen atoms in total. The van der Waals surface area contributed by atoms with Crippen LogP contribution in [0.4, 0.5) is 0 Å². The van der Waals surface area contributed by atoms with E-state index < -0.39 is 0 Å². The van der Waals surface area contributed by atoms with Crippen molar-refractivity contribution in [1.29, 1.82) is 0 Å². The summed E-state index contributed by atoms with van der Waals surface area (Å²) in [6.45, 7) is 0. The predicted octanol–water partition coefficient (Wildman–Crippen LogP) is 4.67. The Morgan fingerprint density at radius 3 is 2.68 bits per heavy atom. The molecule has 0 aromatic heterocycles. The van der Waals surface area contributed by atoms with E-state index in [1.54, 1.807) is 7.11 Å². The molecule has 1 N–H and O–H groups in total. The molecule has 4 heteroatoms. The number of carbonyl (C=O) groups is 1. The fourth-order valence-corrected chi connectivity index (χ4v) is 3.89. The van der Waals surface area contributed by atoms with Gasteiger partial charge in [0.05, 0.1) is 12.7 Å². The van der Waals surface area contributed by atoms with Crippen LogP contribution < -0.4 is 10.1 Å². The molecule has 0 saturated heterocycles. The third-order valence-corrected chi connectivity index (χ3v) is 5.16. The first kappa shape index (κ1) is 15.3. The van der Waals surface area contributed by atoms with Crippen molar-refractivity contribution < 1.29 is 9.53 Å². The van der Waals surface area contributed by atoms with E-state index in [9.17, 15) is 4.79 Å². The fourth-order valence-electron chi connectivity index (χ4n) is 3.16. The Bertz CT molecular complexity index is 693. The number of amides is 1. The summed E-state index contributed by atoms with van der Waals surface area (Å²) >= 11 is 3.60. The third-order valence-electron chi connectivity index (χ3n) is 4.34. The Kier molecular flexibility index (Phi) is 4.67. The second kappa shape index (κ2) is 6.69. The number of nitrogens with one attached hydrogen (secondary N) is 1. The van der Waals surface area contributed by atoms with Crippen molar-refractivity contribution in [3.8, 4) is 5.75 Å². The van der Waals surface area contributed by atoms with Gasteiger partial charge < -0.3 is 10.1 Å². The van der Waals surface area contributed by atoms with Crippen molar-refractivity contribution >= 4 is 32.6 Å². The van der Waals surface area contributed by atoms with Crippen molar-refractivity contribution in [3.63, 3.8) is 0 Å². The maximum absolute atomic E-state index is 12.7. The molecule has 0 radical (unpaired) electrons. The van der Waals surface area contributed by atoms with Gasteiger partial charge in [0, 0.05) is 10.5 Å². The molecule has 2 aromatic carbocycles. The maximum atomic E-state index is 12.7. The third kappa shape index (κ3) is 2.98. The molecule has 0 spiro atoms. The van der Waals surface area contributed by atoms with E-state index in [0.29, 0.717) is 11.3 Å². The molecule has 0 atom stereocenters. The summed E-state index contributed by atoms with van der Waals surface area (Å²) in [5.41, 5.74) is 0.590. The number of fused-ring (bicyclic) bond motifs is 1. The van der Waals surface area contributed by atoms with Gasteiger partial charge in [0.2, 0.25) is 0 Å². The number of ether oxygens (including phenoxy) is 1. The molecule has 1 aliphatic rings. The SMILES string of the molecule is COc1cc2ccccc2c(Br)c1C(=O)NC1CCCCC1. The lowest BCUT2D eigenvalue weighted by atomic mass is 9.95. The molecule has 1 amide bonds. The van der Waals surface area contributed by atoms with Crippen LogP contribution in [0.1, 0.15) is 42.5 Å². The molecular weight excluding hydrogens is 342 g/mol. The zero-order valence-corrected chi connectivity index (χ0v) is 14.3. The molecule has 0 bridgehead atoms. The highest BCUT2D eigenvalue weighted by Crippen LogP contribution is 2.35. The van der Waals surface area contributed by atoms with Crippen molar-refractivity contribution in [2.75, 3.05) is 7.11 Å². The summed E-state index contributed by atoms with van der Waals surface area (Å²) < 4.78 is 6.26. The minimum absolute atomic E-state index is 0.0543. The minimum Gasteiger partial charge on any atom is -0.496 e. The van der Waals surface area contributed by atoms with Gasteiger partial charge in [-0.1, -0.05) is 43.5 Å². The van der Waals surface area contributed by atoms with Gasteiger partial charge in [-0.05, 0) is 45.6 Å². The highest BCUT2D eigenvalue weighted by atomic mass is 79.9. The lowest BCUT2D eigenvalue weighted by Gasteiger charge is -2.23. The van der Waals surface area contributed by atoms with Crippen molar-refractivity contribution in [2.45, 2.75) is 38.1 Å². The first-order chi connectivity index (χ1) is 10.7. The Morgan fingerprint density at radius 2 is 1.95 bits per heavy atom. The Morgan fingerprint density at radius 1 is 1.23 bits per heavy atom. The van der Waals surface area contributed by atoms with Gasteiger partial charge >= 0.3 is 0 Å². The molecule has 1 fully saturated rings. The average molecular weight is 362 g/mol. The van der Waals surface area contributed by atoms with Crippen molar-refractivity contribution in [1.82, 2.24) is 5.32 Å². The predicted molar refractivity (Wildman–Crippen MR) is 92.5 cm³/mol. The summed E-state index contributed by atoms with van der Waals surface area (Å²) in [7, 11) is 1.61. The number of carbonyl (C=O) groups excluding carboxylic acids is 1. The second-order valence-electron chi connectivity index (χ2n) is 5.80. The van der Waals surface area contributed by atoms with Crippen LogP contribution in [0.3, 0.4) is 0 Å². The van der Waals surface area contributed by atoms with E-state index in [0.717, 1.165) is 28.1 Å². The zero-order chi connectivity index (χ0) is 15.5. The van der Waals surface area contributed by atoms with Gasteiger partial charge in [0.1, 0.15) is 5.75 Å². The van der Waals surface area contributed by atoms with E-state index in [-0.39, 0.29) is 11.9 Å². The van der Waals surface area contributed by atoms with Crippen LogP contribution in [0.5, 0.6) is 5.75 Å². The van der Waals surface area contributed by atoms with Gasteiger partial charge in [-0.2, -0.15) is 0 Å². The van der Waals surface area contributed by atoms with E-state index in [2.05, 4.69) is 21.2 Å². The average Bonchev–Trinajstić information content (AvgIpc) is 2.55. The van der Waals surface area contributed by atoms with Crippen LogP contribution in [-0.4, -0.2) is 19.1 Å². The molecule has 1 saturated carbocycles. The Balaban J connectivity index is 1.97. The van der Waals surface area contributed by atoms with Crippen LogP contribution in [0.2, 0.25) is 0 Å². The number of hydrogen-bond acceptors (Lipinski definition) is 2. The minimum atomic E-state index is -0.0543. The van der Waals surface area contributed by atoms with E-state index >= 15 is 0 Å². The van der Waals surface area contributed by atoms with Crippen LogP contribution in [0.25, 0.3) is 10.8 Å². The van der Waals surface area contributed by atoms with Crippen LogP contribution in [0.15, 0.2) is 34.8 Å². The smallest absolute Gasteiger partial charge is 0.256 e. The van der Waals surface area contributed by atoms with Gasteiger partial charge in [-0.3, -0.25) is 4.79 Å². The first-order valence-corrected chi connectivity index (χ1v) is 8.56. The topological polar surface area (TPSA) is 38.3 Å². The number of halogens is 1. The zero-order valence-electron chi connectivity index (χ0n) is 12.7. The molecular formula is C18H20BrNO2. The van der Waals surface area contributed by atoms with Gasteiger partial charge in [0.25, 0.3) is 5.91 Å². The molecule has 0 aliphatic heterocycles. The van der Waals surface area contributed by atoms with Gasteiger partial charge in [-0.25, -0.2) is 0 Å². The normalized spacial score (nSPS) is 15.7. The number of hydrogen-bond donors (Lipinski definition) is 1. The lowest BCUT2D eigenvalue weighted by molar-refractivity contribution is 0.0924. The van der Waals surface area contributed by atoms with Crippen LogP contribution >= 0.6 is 15.9 Å². The molecule has 0 unspecified atom stereocenters. The quantitative estimate of drug-likeness (QED) is 0.862. The second-order valence-corrected chi connectivity index (χ2v) is 6.59. The summed E-state index contributed by atoms with van der Waals surface area (Å²) in [6, 6.07) is 10.2. The number of methoxy groups -OCH3 is 1. The standard InChI is InChI=1S/C18H20BrNO2/c1-22-15-11-12-7-5-6-10-14(12)17(19)16(15)18(21)20-13-8-3-2-4-9-13/h5-7,10-11,13H,2-4,8-9H2,1H3,(H,20,21). The highest BCUT2D eigenvalue weighted by molar-refractivity contribution is 9.10. The monoisotopic (exact) mass is 361 g/mol. The Hall–Kier alpha value is -1.55. The molecule has 2 aromatic rings. The number of benzene rings is 2. The van der Waals surface area contributed by atoms with E-state index in [1.165, 1.54) is 19.3 Å². The van der Waals surface area contributed by atoms with Crippen LogP contribution in [0, 0.1) is 0 Å². The maximum Gasteiger partial charge on any atom is 0.256 e. The highest BCUT2D eigenvalue weighted by Gasteiger charge is 2.22. The van der Waals surface area contributed by atoms with Gasteiger partial charge in [0.15, 0.2) is 0 Å². The largest absolute Gasteiger partial charge is 0.496 e. The summed E-state index contributed by atoms with van der Waals surface area (Å²) in [5.74, 6) is 0.556. The van der Waals surface area contributed by atoms with Gasteiger partial charge in [-0.15, -0.1) is 0 Å². The summed E-state index contributed by atoms with van der Waals surface area (Å²) in [5, 5.41) is 5.25. The number of rotatable bonds is 3. The Labute approximate surface area is 139 Å². The van der Waals surface area contributed by atoms with E-state index in [4.69, 9.17) is 4.74 Å². The summed E-state index contributed by atoms with van der Waals surface area (Å²) in [4.78, 5) is 12.7. The van der Waals surface area contributed by atoms with Crippen molar-refractivity contribution in [2.24, 2.45) is 0 Å². The lowest BCUT2D eigenvalue weighted by Crippen LogP contribution is -2.36. The fraction of sp³-hybridized carbons (Fsp3) is 0.389. The van der Waals surface area contributed by atoms with Crippen molar-refractivity contribution in [3.05, 3.63) is 40.4 Å². The molecule has 1 aliphatic carbocycles. The van der Waals surface area contributed by atoms with Crippen LogP contribution in [-0.2, 0) is 0 Å². The molecule has 0 heterocycles. The molecule has 116 valence electrons. The molecule has 3 rings (SSSR count). The van der Waals surface area contributed by atoms with E-state index in [1.807, 2.05) is 30.3 Å². The first-order valence-electron chi connectivity index (χ1n) is 7.77.